The Hall–Kier alpha value is -1.02. The van der Waals surface area contributed by atoms with E-state index in [2.05, 4.69) is 49.3 Å². The van der Waals surface area contributed by atoms with Gasteiger partial charge < -0.3 is 10.2 Å². The molecule has 0 aliphatic heterocycles. The minimum atomic E-state index is 0.671. The van der Waals surface area contributed by atoms with Crippen LogP contribution in [-0.2, 0) is 6.54 Å². The van der Waals surface area contributed by atoms with E-state index >= 15 is 0 Å². The van der Waals surface area contributed by atoms with E-state index in [1.54, 1.807) is 0 Å². The third-order valence-corrected chi connectivity index (χ3v) is 4.02. The summed E-state index contributed by atoms with van der Waals surface area (Å²) in [6, 6.07) is 7.48. The Morgan fingerprint density at radius 3 is 2.65 bits per heavy atom. The van der Waals surface area contributed by atoms with Crippen molar-refractivity contribution >= 4 is 5.69 Å². The van der Waals surface area contributed by atoms with Gasteiger partial charge >= 0.3 is 0 Å². The van der Waals surface area contributed by atoms with Crippen LogP contribution in [0.15, 0.2) is 18.2 Å². The molecule has 1 atom stereocenters. The lowest BCUT2D eigenvalue weighted by Gasteiger charge is -2.27. The first-order valence-corrected chi connectivity index (χ1v) is 6.60. The molecular formula is C15H24N2. The molecule has 0 radical (unpaired) electrons. The molecule has 1 N–H and O–H groups in total. The topological polar surface area (TPSA) is 15.3 Å². The molecule has 1 unspecified atom stereocenters. The van der Waals surface area contributed by atoms with E-state index in [1.165, 1.54) is 29.7 Å². The summed E-state index contributed by atoms with van der Waals surface area (Å²) in [7, 11) is 4.21. The SMILES string of the molecule is CNCc1ccc(N(C)C(C)C2CC2)cc1C. The number of benzene rings is 1. The molecule has 0 saturated heterocycles. The van der Waals surface area contributed by atoms with E-state index in [9.17, 15) is 0 Å². The second-order valence-electron chi connectivity index (χ2n) is 5.33. The van der Waals surface area contributed by atoms with Crippen LogP contribution in [0.4, 0.5) is 5.69 Å². The molecule has 0 aromatic heterocycles. The fourth-order valence-electron chi connectivity index (χ4n) is 2.42. The minimum Gasteiger partial charge on any atom is -0.372 e. The van der Waals surface area contributed by atoms with Gasteiger partial charge in [0, 0.05) is 25.3 Å². The van der Waals surface area contributed by atoms with Gasteiger partial charge in [-0.05, 0) is 62.9 Å². The predicted octanol–water partition coefficient (Wildman–Crippen LogP) is 2.95. The normalized spacial score (nSPS) is 16.9. The number of hydrogen-bond acceptors (Lipinski definition) is 2. The van der Waals surface area contributed by atoms with Gasteiger partial charge in [-0.2, -0.15) is 0 Å². The van der Waals surface area contributed by atoms with E-state index < -0.39 is 0 Å². The summed E-state index contributed by atoms with van der Waals surface area (Å²) < 4.78 is 0. The average molecular weight is 232 g/mol. The molecule has 0 bridgehead atoms. The highest BCUT2D eigenvalue weighted by atomic mass is 15.1. The third kappa shape index (κ3) is 2.81. The number of rotatable bonds is 5. The van der Waals surface area contributed by atoms with Gasteiger partial charge in [-0.25, -0.2) is 0 Å². The Labute approximate surface area is 105 Å². The van der Waals surface area contributed by atoms with Crippen molar-refractivity contribution in [3.8, 4) is 0 Å². The number of aryl methyl sites for hydroxylation is 1. The summed E-state index contributed by atoms with van der Waals surface area (Å²) in [5.74, 6) is 0.914. The second kappa shape index (κ2) is 5.09. The second-order valence-corrected chi connectivity index (χ2v) is 5.33. The summed E-state index contributed by atoms with van der Waals surface area (Å²) in [4.78, 5) is 2.42. The van der Waals surface area contributed by atoms with Gasteiger partial charge in [0.25, 0.3) is 0 Å². The monoisotopic (exact) mass is 232 g/mol. The maximum atomic E-state index is 3.21. The molecule has 2 heteroatoms. The Kier molecular flexibility index (Phi) is 3.72. The summed E-state index contributed by atoms with van der Waals surface area (Å²) in [5.41, 5.74) is 4.12. The molecule has 0 spiro atoms. The van der Waals surface area contributed by atoms with Gasteiger partial charge in [0.2, 0.25) is 0 Å². The van der Waals surface area contributed by atoms with E-state index in [4.69, 9.17) is 0 Å². The van der Waals surface area contributed by atoms with Crippen LogP contribution in [0.2, 0.25) is 0 Å². The van der Waals surface area contributed by atoms with Crippen LogP contribution in [0.3, 0.4) is 0 Å². The zero-order chi connectivity index (χ0) is 12.4. The first kappa shape index (κ1) is 12.4. The Balaban J connectivity index is 2.12. The summed E-state index contributed by atoms with van der Waals surface area (Å²) in [5, 5.41) is 3.21. The third-order valence-electron chi connectivity index (χ3n) is 4.02. The van der Waals surface area contributed by atoms with Gasteiger partial charge in [0.15, 0.2) is 0 Å². The maximum Gasteiger partial charge on any atom is 0.0368 e. The van der Waals surface area contributed by atoms with Crippen LogP contribution in [0.1, 0.15) is 30.9 Å². The van der Waals surface area contributed by atoms with Crippen molar-refractivity contribution in [3.63, 3.8) is 0 Å². The molecule has 0 heterocycles. The number of nitrogens with zero attached hydrogens (tertiary/aromatic N) is 1. The summed E-state index contributed by atoms with van der Waals surface area (Å²) in [6.45, 7) is 5.49. The Bertz CT molecular complexity index is 383. The Morgan fingerprint density at radius 2 is 2.12 bits per heavy atom. The zero-order valence-electron chi connectivity index (χ0n) is 11.5. The van der Waals surface area contributed by atoms with Crippen molar-refractivity contribution in [1.82, 2.24) is 5.32 Å². The zero-order valence-corrected chi connectivity index (χ0v) is 11.5. The number of hydrogen-bond donors (Lipinski definition) is 1. The van der Waals surface area contributed by atoms with Crippen molar-refractivity contribution in [2.45, 2.75) is 39.3 Å². The van der Waals surface area contributed by atoms with Crippen LogP contribution in [0, 0.1) is 12.8 Å². The van der Waals surface area contributed by atoms with Crippen molar-refractivity contribution in [1.29, 1.82) is 0 Å². The van der Waals surface area contributed by atoms with Gasteiger partial charge in [0.05, 0.1) is 0 Å². The lowest BCUT2D eigenvalue weighted by molar-refractivity contribution is 0.609. The summed E-state index contributed by atoms with van der Waals surface area (Å²) >= 11 is 0. The highest BCUT2D eigenvalue weighted by molar-refractivity contribution is 5.51. The quantitative estimate of drug-likeness (QED) is 0.839. The highest BCUT2D eigenvalue weighted by Crippen LogP contribution is 2.36. The van der Waals surface area contributed by atoms with Crippen molar-refractivity contribution in [2.75, 3.05) is 19.0 Å². The molecule has 94 valence electrons. The molecule has 1 aromatic rings. The molecule has 17 heavy (non-hydrogen) atoms. The predicted molar refractivity (Wildman–Crippen MR) is 74.5 cm³/mol. The smallest absolute Gasteiger partial charge is 0.0368 e. The maximum absolute atomic E-state index is 3.21. The molecule has 1 saturated carbocycles. The van der Waals surface area contributed by atoms with Crippen LogP contribution < -0.4 is 10.2 Å². The van der Waals surface area contributed by atoms with Crippen LogP contribution in [-0.4, -0.2) is 20.1 Å². The van der Waals surface area contributed by atoms with Crippen LogP contribution in [0.25, 0.3) is 0 Å². The lowest BCUT2D eigenvalue weighted by atomic mass is 10.1. The fourth-order valence-corrected chi connectivity index (χ4v) is 2.42. The first-order chi connectivity index (χ1) is 8.13. The highest BCUT2D eigenvalue weighted by Gasteiger charge is 2.30. The lowest BCUT2D eigenvalue weighted by Crippen LogP contribution is -2.30. The van der Waals surface area contributed by atoms with E-state index in [0.717, 1.165) is 12.5 Å². The van der Waals surface area contributed by atoms with E-state index in [0.29, 0.717) is 6.04 Å². The van der Waals surface area contributed by atoms with Gasteiger partial charge in [-0.15, -0.1) is 0 Å². The molecule has 1 aliphatic rings. The van der Waals surface area contributed by atoms with Gasteiger partial charge in [-0.3, -0.25) is 0 Å². The van der Waals surface area contributed by atoms with Gasteiger partial charge in [-0.1, -0.05) is 6.07 Å². The Morgan fingerprint density at radius 1 is 1.41 bits per heavy atom. The summed E-state index contributed by atoms with van der Waals surface area (Å²) in [6.07, 6.45) is 2.81. The van der Waals surface area contributed by atoms with Crippen molar-refractivity contribution in [2.24, 2.45) is 5.92 Å². The fraction of sp³-hybridized carbons (Fsp3) is 0.600. The van der Waals surface area contributed by atoms with E-state index in [-0.39, 0.29) is 0 Å². The standard InChI is InChI=1S/C15H24N2/c1-11-9-15(8-7-14(11)10-16-3)17(4)12(2)13-5-6-13/h7-9,12-13,16H,5-6,10H2,1-4H3. The average Bonchev–Trinajstić information content (AvgIpc) is 3.14. The van der Waals surface area contributed by atoms with E-state index in [1.807, 2.05) is 7.05 Å². The van der Waals surface area contributed by atoms with Crippen LogP contribution in [0.5, 0.6) is 0 Å². The first-order valence-electron chi connectivity index (χ1n) is 6.60. The molecule has 1 aromatic carbocycles. The molecule has 1 aliphatic carbocycles. The molecule has 2 nitrogen and oxygen atoms in total. The number of nitrogens with one attached hydrogen (secondary N) is 1. The molecule has 1 fully saturated rings. The molecule has 2 rings (SSSR count). The van der Waals surface area contributed by atoms with Crippen molar-refractivity contribution in [3.05, 3.63) is 29.3 Å². The van der Waals surface area contributed by atoms with Crippen molar-refractivity contribution < 1.29 is 0 Å². The molecule has 0 amide bonds. The number of anilines is 1. The van der Waals surface area contributed by atoms with Gasteiger partial charge in [0.1, 0.15) is 0 Å². The minimum absolute atomic E-state index is 0.671. The largest absolute Gasteiger partial charge is 0.372 e. The molecular weight excluding hydrogens is 208 g/mol. The van der Waals surface area contributed by atoms with Crippen LogP contribution >= 0.6 is 0 Å².